The second-order valence-electron chi connectivity index (χ2n) is 7.76. The van der Waals surface area contributed by atoms with E-state index in [-0.39, 0.29) is 22.9 Å². The number of likely N-dealkylation sites (N-methyl/N-ethyl adjacent to an activating group) is 1. The fraction of sp³-hybridized carbons (Fsp3) is 0.304. The van der Waals surface area contributed by atoms with Crippen molar-refractivity contribution in [3.63, 3.8) is 0 Å². The van der Waals surface area contributed by atoms with Gasteiger partial charge in [0.15, 0.2) is 0 Å². The first-order valence-corrected chi connectivity index (χ1v) is 9.39. The van der Waals surface area contributed by atoms with E-state index in [1.54, 1.807) is 26.2 Å². The minimum atomic E-state index is -0.326. The summed E-state index contributed by atoms with van der Waals surface area (Å²) >= 11 is 0. The summed E-state index contributed by atoms with van der Waals surface area (Å²) in [5.41, 5.74) is 3.21. The lowest BCUT2D eigenvalue weighted by molar-refractivity contribution is -0.136. The summed E-state index contributed by atoms with van der Waals surface area (Å²) in [6, 6.07) is 15.2. The van der Waals surface area contributed by atoms with Gasteiger partial charge in [0.2, 0.25) is 0 Å². The largest absolute Gasteiger partial charge is 0.496 e. The van der Waals surface area contributed by atoms with Gasteiger partial charge in [0.05, 0.1) is 12.7 Å². The van der Waals surface area contributed by atoms with Crippen molar-refractivity contribution in [2.24, 2.45) is 0 Å². The molecule has 0 aromatic heterocycles. The van der Waals surface area contributed by atoms with Gasteiger partial charge in [-0.3, -0.25) is 14.5 Å². The summed E-state index contributed by atoms with van der Waals surface area (Å²) in [6.07, 6.45) is 0. The summed E-state index contributed by atoms with van der Waals surface area (Å²) in [4.78, 5) is 27.1. The van der Waals surface area contributed by atoms with Gasteiger partial charge in [0, 0.05) is 17.8 Å². The Bertz CT molecular complexity index is 937. The molecule has 2 amide bonds. The summed E-state index contributed by atoms with van der Waals surface area (Å²) in [7, 11) is 1.55. The second-order valence-corrected chi connectivity index (χ2v) is 7.76. The fourth-order valence-corrected chi connectivity index (χ4v) is 3.28. The van der Waals surface area contributed by atoms with Gasteiger partial charge < -0.3 is 10.1 Å². The van der Waals surface area contributed by atoms with E-state index in [0.29, 0.717) is 23.4 Å². The van der Waals surface area contributed by atoms with E-state index >= 15 is 0 Å². The van der Waals surface area contributed by atoms with E-state index in [1.165, 1.54) is 10.5 Å². The van der Waals surface area contributed by atoms with Crippen LogP contribution in [0.25, 0.3) is 5.57 Å². The first-order chi connectivity index (χ1) is 13.3. The quantitative estimate of drug-likeness (QED) is 0.792. The molecule has 0 aliphatic carbocycles. The molecule has 5 nitrogen and oxygen atoms in total. The topological polar surface area (TPSA) is 58.6 Å². The van der Waals surface area contributed by atoms with Crippen LogP contribution in [0.3, 0.4) is 0 Å². The van der Waals surface area contributed by atoms with Crippen LogP contribution in [0.1, 0.15) is 38.8 Å². The van der Waals surface area contributed by atoms with Crippen LogP contribution in [-0.2, 0) is 15.0 Å². The third-order valence-electron chi connectivity index (χ3n) is 4.88. The zero-order valence-corrected chi connectivity index (χ0v) is 17.0. The average Bonchev–Trinajstić information content (AvgIpc) is 2.90. The maximum absolute atomic E-state index is 13.0. The first kappa shape index (κ1) is 19.7. The Morgan fingerprint density at radius 3 is 2.18 bits per heavy atom. The minimum absolute atomic E-state index is 0.0402. The Balaban J connectivity index is 2.06. The second kappa shape index (κ2) is 7.50. The predicted molar refractivity (Wildman–Crippen MR) is 111 cm³/mol. The first-order valence-electron chi connectivity index (χ1n) is 9.39. The molecule has 0 saturated heterocycles. The molecule has 5 heteroatoms. The smallest absolute Gasteiger partial charge is 0.278 e. The van der Waals surface area contributed by atoms with Gasteiger partial charge in [0.1, 0.15) is 11.4 Å². The van der Waals surface area contributed by atoms with Crippen molar-refractivity contribution < 1.29 is 14.3 Å². The number of rotatable bonds is 5. The van der Waals surface area contributed by atoms with Crippen LogP contribution < -0.4 is 10.1 Å². The molecule has 28 heavy (non-hydrogen) atoms. The highest BCUT2D eigenvalue weighted by atomic mass is 16.5. The Labute approximate surface area is 166 Å². The molecule has 1 heterocycles. The normalized spacial score (nSPS) is 14.7. The lowest BCUT2D eigenvalue weighted by atomic mass is 9.87. The number of benzene rings is 2. The number of nitrogens with one attached hydrogen (secondary N) is 1. The van der Waals surface area contributed by atoms with Gasteiger partial charge in [-0.15, -0.1) is 0 Å². The molecule has 0 saturated carbocycles. The highest BCUT2D eigenvalue weighted by Gasteiger charge is 2.39. The Morgan fingerprint density at radius 2 is 1.61 bits per heavy atom. The van der Waals surface area contributed by atoms with Crippen molar-refractivity contribution in [1.82, 2.24) is 4.90 Å². The summed E-state index contributed by atoms with van der Waals surface area (Å²) in [5, 5.41) is 3.18. The van der Waals surface area contributed by atoms with Crippen LogP contribution >= 0.6 is 0 Å². The predicted octanol–water partition coefficient (Wildman–Crippen LogP) is 4.20. The number of methoxy groups -OCH3 is 1. The number of para-hydroxylation sites is 1. The molecule has 0 radical (unpaired) electrons. The van der Waals surface area contributed by atoms with Gasteiger partial charge in [-0.25, -0.2) is 0 Å². The van der Waals surface area contributed by atoms with E-state index in [1.807, 2.05) is 36.4 Å². The zero-order valence-electron chi connectivity index (χ0n) is 17.0. The van der Waals surface area contributed by atoms with Crippen LogP contribution in [0.2, 0.25) is 0 Å². The zero-order chi connectivity index (χ0) is 20.5. The van der Waals surface area contributed by atoms with Crippen molar-refractivity contribution in [2.45, 2.75) is 33.1 Å². The third kappa shape index (κ3) is 3.52. The van der Waals surface area contributed by atoms with Crippen LogP contribution in [0.15, 0.2) is 54.2 Å². The lowest BCUT2D eigenvalue weighted by Gasteiger charge is -2.19. The lowest BCUT2D eigenvalue weighted by Crippen LogP contribution is -2.32. The van der Waals surface area contributed by atoms with Gasteiger partial charge in [-0.05, 0) is 36.1 Å². The number of imide groups is 1. The van der Waals surface area contributed by atoms with E-state index in [2.05, 4.69) is 26.1 Å². The highest BCUT2D eigenvalue weighted by molar-refractivity contribution is 6.37. The Kier molecular flexibility index (Phi) is 5.27. The summed E-state index contributed by atoms with van der Waals surface area (Å²) < 4.78 is 5.42. The number of ether oxygens (including phenoxy) is 1. The number of hydrogen-bond acceptors (Lipinski definition) is 4. The minimum Gasteiger partial charge on any atom is -0.496 e. The number of carbonyl (C=O) groups is 2. The fourth-order valence-electron chi connectivity index (χ4n) is 3.28. The molecular weight excluding hydrogens is 352 g/mol. The van der Waals surface area contributed by atoms with Crippen LogP contribution in [0, 0.1) is 0 Å². The molecule has 1 aliphatic heterocycles. The molecule has 0 bridgehead atoms. The molecule has 0 spiro atoms. The number of hydrogen-bond donors (Lipinski definition) is 1. The molecule has 0 atom stereocenters. The van der Waals surface area contributed by atoms with Crippen molar-refractivity contribution in [3.8, 4) is 5.75 Å². The molecule has 2 aromatic rings. The SMILES string of the molecule is CCN1C(=O)C(Nc2ccc(C(C)(C)C)cc2)=C(c2ccccc2OC)C1=O. The molecule has 146 valence electrons. The third-order valence-corrected chi connectivity index (χ3v) is 4.88. The molecule has 0 fully saturated rings. The van der Waals surface area contributed by atoms with Crippen molar-refractivity contribution in [2.75, 3.05) is 19.0 Å². The van der Waals surface area contributed by atoms with Crippen molar-refractivity contribution >= 4 is 23.1 Å². The number of amides is 2. The van der Waals surface area contributed by atoms with Gasteiger partial charge in [-0.2, -0.15) is 0 Å². The van der Waals surface area contributed by atoms with Crippen LogP contribution in [0.5, 0.6) is 5.75 Å². The summed E-state index contributed by atoms with van der Waals surface area (Å²) in [5.74, 6) is -0.0851. The monoisotopic (exact) mass is 378 g/mol. The Hall–Kier alpha value is -3.08. The number of carbonyl (C=O) groups excluding carboxylic acids is 2. The maximum atomic E-state index is 13.0. The molecule has 1 aliphatic rings. The molecule has 2 aromatic carbocycles. The number of anilines is 1. The molecule has 3 rings (SSSR count). The van der Waals surface area contributed by atoms with E-state index < -0.39 is 0 Å². The molecule has 0 unspecified atom stereocenters. The van der Waals surface area contributed by atoms with Crippen molar-refractivity contribution in [3.05, 3.63) is 65.4 Å². The average molecular weight is 378 g/mol. The van der Waals surface area contributed by atoms with E-state index in [9.17, 15) is 9.59 Å². The number of nitrogens with zero attached hydrogens (tertiary/aromatic N) is 1. The Morgan fingerprint density at radius 1 is 0.964 bits per heavy atom. The van der Waals surface area contributed by atoms with Gasteiger partial charge in [0.25, 0.3) is 11.8 Å². The summed E-state index contributed by atoms with van der Waals surface area (Å²) in [6.45, 7) is 8.54. The standard InChI is InChI=1S/C23H26N2O3/c1-6-25-21(26)19(17-9-7-8-10-18(17)28-5)20(22(25)27)24-16-13-11-15(12-14-16)23(2,3)4/h7-14,24H,6H2,1-5H3. The van der Waals surface area contributed by atoms with Gasteiger partial charge in [-0.1, -0.05) is 51.1 Å². The van der Waals surface area contributed by atoms with Crippen LogP contribution in [0.4, 0.5) is 5.69 Å². The van der Waals surface area contributed by atoms with E-state index in [0.717, 1.165) is 5.69 Å². The maximum Gasteiger partial charge on any atom is 0.278 e. The molecule has 1 N–H and O–H groups in total. The van der Waals surface area contributed by atoms with Crippen LogP contribution in [-0.4, -0.2) is 30.4 Å². The van der Waals surface area contributed by atoms with Crippen molar-refractivity contribution in [1.29, 1.82) is 0 Å². The highest BCUT2D eigenvalue weighted by Crippen LogP contribution is 2.35. The van der Waals surface area contributed by atoms with E-state index in [4.69, 9.17) is 4.74 Å². The molecular formula is C23H26N2O3. The van der Waals surface area contributed by atoms with Gasteiger partial charge >= 0.3 is 0 Å².